The van der Waals surface area contributed by atoms with Gasteiger partial charge in [-0.1, -0.05) is 0 Å². The second kappa shape index (κ2) is 7.91. The Morgan fingerprint density at radius 2 is 1.75 bits per heavy atom. The molecule has 0 unspecified atom stereocenters. The number of aliphatic hydroxyl groups excluding tert-OH is 1. The van der Waals surface area contributed by atoms with Crippen molar-refractivity contribution < 1.29 is 33.4 Å². The van der Waals surface area contributed by atoms with E-state index in [0.29, 0.717) is 0 Å². The van der Waals surface area contributed by atoms with Gasteiger partial charge >= 0.3 is 17.6 Å². The minimum absolute atomic E-state index is 0.182. The molecule has 0 aliphatic rings. The molecule has 128 valence electrons. The fourth-order valence-electron chi connectivity index (χ4n) is 1.73. The summed E-state index contributed by atoms with van der Waals surface area (Å²) in [6, 6.07) is 1.05. The van der Waals surface area contributed by atoms with E-state index in [1.165, 1.54) is 6.92 Å². The van der Waals surface area contributed by atoms with Gasteiger partial charge in [0.25, 0.3) is 0 Å². The summed E-state index contributed by atoms with van der Waals surface area (Å²) in [5.41, 5.74) is -1.64. The molecule has 24 heavy (non-hydrogen) atoms. The van der Waals surface area contributed by atoms with Crippen LogP contribution in [0.15, 0.2) is 32.7 Å². The number of hydrogen-bond donors (Lipinski definition) is 1. The zero-order valence-electron chi connectivity index (χ0n) is 13.5. The van der Waals surface area contributed by atoms with Crippen LogP contribution in [0.4, 0.5) is 0 Å². The van der Waals surface area contributed by atoms with Crippen molar-refractivity contribution in [1.29, 1.82) is 0 Å². The first-order valence-corrected chi connectivity index (χ1v) is 6.66. The molecular weight excluding hydrogens is 320 g/mol. The molecule has 1 aromatic rings. The van der Waals surface area contributed by atoms with Crippen LogP contribution in [0.1, 0.15) is 40.3 Å². The first kappa shape index (κ1) is 18.9. The van der Waals surface area contributed by atoms with E-state index < -0.39 is 23.3 Å². The number of methoxy groups -OCH3 is 2. The second-order valence-electron chi connectivity index (χ2n) is 4.60. The Bertz CT molecular complexity index is 791. The first-order chi connectivity index (χ1) is 11.2. The molecule has 0 radical (unpaired) electrons. The maximum absolute atomic E-state index is 11.8. The molecule has 1 rings (SSSR count). The van der Waals surface area contributed by atoms with Gasteiger partial charge in [0.15, 0.2) is 5.78 Å². The molecule has 0 aromatic carbocycles. The average molecular weight is 336 g/mol. The monoisotopic (exact) mass is 336 g/mol. The summed E-state index contributed by atoms with van der Waals surface area (Å²) in [6.45, 7) is 2.41. The smallest absolute Gasteiger partial charge is 0.347 e. The van der Waals surface area contributed by atoms with E-state index >= 15 is 0 Å². The van der Waals surface area contributed by atoms with Gasteiger partial charge in [-0.15, -0.1) is 0 Å². The summed E-state index contributed by atoms with van der Waals surface area (Å²) >= 11 is 0. The molecule has 0 aliphatic carbocycles. The van der Waals surface area contributed by atoms with Crippen LogP contribution in [0.25, 0.3) is 6.08 Å². The number of hydrogen-bond acceptors (Lipinski definition) is 8. The SMILES string of the molecule is COC(=O)C(/C=C/c1oc(=O)c(C(C)=O)cc1C(=O)OC)=C(/C)O. The molecule has 1 N–H and O–H groups in total. The number of allylic oxidation sites excluding steroid dienone is 1. The van der Waals surface area contributed by atoms with Crippen molar-refractivity contribution in [2.75, 3.05) is 14.2 Å². The summed E-state index contributed by atoms with van der Waals surface area (Å²) in [5.74, 6) is -2.82. The zero-order valence-corrected chi connectivity index (χ0v) is 13.5. The predicted molar refractivity (Wildman–Crippen MR) is 82.7 cm³/mol. The number of ether oxygens (including phenoxy) is 2. The topological polar surface area (TPSA) is 120 Å². The minimum atomic E-state index is -0.945. The molecular formula is C16H16O8. The van der Waals surface area contributed by atoms with E-state index in [1.807, 2.05) is 0 Å². The number of aliphatic hydroxyl groups is 1. The van der Waals surface area contributed by atoms with Crippen LogP contribution in [-0.4, -0.2) is 37.0 Å². The molecule has 0 saturated carbocycles. The Kier molecular flexibility index (Phi) is 6.22. The standard InChI is InChI=1S/C16H16O8/c1-8(17)10(14(19)22-3)5-6-13-12(15(20)23-4)7-11(9(2)18)16(21)24-13/h5-7,17H,1-4H3/b6-5+,10-8-. The maximum atomic E-state index is 11.8. The van der Waals surface area contributed by atoms with Crippen LogP contribution in [0.3, 0.4) is 0 Å². The van der Waals surface area contributed by atoms with Gasteiger partial charge in [-0.25, -0.2) is 14.4 Å². The van der Waals surface area contributed by atoms with Crippen LogP contribution in [0.5, 0.6) is 0 Å². The van der Waals surface area contributed by atoms with Gasteiger partial charge in [0, 0.05) is 0 Å². The van der Waals surface area contributed by atoms with E-state index in [-0.39, 0.29) is 28.2 Å². The third-order valence-electron chi connectivity index (χ3n) is 2.96. The fraction of sp³-hybridized carbons (Fsp3) is 0.250. The van der Waals surface area contributed by atoms with Gasteiger partial charge in [-0.2, -0.15) is 0 Å². The molecule has 8 heteroatoms. The van der Waals surface area contributed by atoms with Crippen molar-refractivity contribution in [1.82, 2.24) is 0 Å². The van der Waals surface area contributed by atoms with Crippen molar-refractivity contribution in [3.8, 4) is 0 Å². The lowest BCUT2D eigenvalue weighted by Crippen LogP contribution is -2.16. The lowest BCUT2D eigenvalue weighted by atomic mass is 10.1. The number of ketones is 1. The molecule has 0 fully saturated rings. The Morgan fingerprint density at radius 1 is 1.12 bits per heavy atom. The molecule has 8 nitrogen and oxygen atoms in total. The highest BCUT2D eigenvalue weighted by Gasteiger charge is 2.19. The van der Waals surface area contributed by atoms with E-state index in [0.717, 1.165) is 39.4 Å². The molecule has 0 spiro atoms. The third kappa shape index (κ3) is 4.19. The average Bonchev–Trinajstić information content (AvgIpc) is 2.53. The predicted octanol–water partition coefficient (Wildman–Crippen LogP) is 1.65. The summed E-state index contributed by atoms with van der Waals surface area (Å²) in [4.78, 5) is 46.5. The quantitative estimate of drug-likeness (QED) is 0.283. The van der Waals surface area contributed by atoms with Gasteiger partial charge < -0.3 is 19.0 Å². The lowest BCUT2D eigenvalue weighted by Gasteiger charge is -2.05. The zero-order chi connectivity index (χ0) is 18.4. The van der Waals surface area contributed by atoms with Crippen molar-refractivity contribution in [3.63, 3.8) is 0 Å². The van der Waals surface area contributed by atoms with Crippen molar-refractivity contribution >= 4 is 23.8 Å². The van der Waals surface area contributed by atoms with Crippen LogP contribution in [-0.2, 0) is 14.3 Å². The van der Waals surface area contributed by atoms with Crippen molar-refractivity contribution in [2.24, 2.45) is 0 Å². The first-order valence-electron chi connectivity index (χ1n) is 6.66. The Labute approximate surface area is 137 Å². The Hall–Kier alpha value is -3.16. The van der Waals surface area contributed by atoms with E-state index in [4.69, 9.17) is 4.42 Å². The van der Waals surface area contributed by atoms with Crippen LogP contribution in [0, 0.1) is 0 Å². The van der Waals surface area contributed by atoms with Gasteiger partial charge in [0.05, 0.1) is 19.8 Å². The molecule has 1 aromatic heterocycles. The van der Waals surface area contributed by atoms with Crippen molar-refractivity contribution in [2.45, 2.75) is 13.8 Å². The van der Waals surface area contributed by atoms with Gasteiger partial charge in [0.1, 0.15) is 22.6 Å². The summed E-state index contributed by atoms with van der Waals surface area (Å²) in [6.07, 6.45) is 2.23. The van der Waals surface area contributed by atoms with Crippen molar-refractivity contribution in [3.05, 3.63) is 50.8 Å². The summed E-state index contributed by atoms with van der Waals surface area (Å²) < 4.78 is 14.0. The van der Waals surface area contributed by atoms with E-state index in [1.54, 1.807) is 0 Å². The highest BCUT2D eigenvalue weighted by molar-refractivity contribution is 5.99. The highest BCUT2D eigenvalue weighted by Crippen LogP contribution is 2.15. The fourth-order valence-corrected chi connectivity index (χ4v) is 1.73. The molecule has 0 saturated heterocycles. The van der Waals surface area contributed by atoms with Crippen LogP contribution >= 0.6 is 0 Å². The van der Waals surface area contributed by atoms with E-state index in [9.17, 15) is 24.3 Å². The second-order valence-corrected chi connectivity index (χ2v) is 4.60. The van der Waals surface area contributed by atoms with Gasteiger partial charge in [-0.3, -0.25) is 4.79 Å². The largest absolute Gasteiger partial charge is 0.512 e. The number of esters is 2. The highest BCUT2D eigenvalue weighted by atomic mass is 16.5. The molecule has 0 atom stereocenters. The van der Waals surface area contributed by atoms with Gasteiger partial charge in [0.2, 0.25) is 0 Å². The summed E-state index contributed by atoms with van der Waals surface area (Å²) in [7, 11) is 2.24. The number of carbonyl (C=O) groups is 3. The van der Waals surface area contributed by atoms with Crippen LogP contribution in [0.2, 0.25) is 0 Å². The van der Waals surface area contributed by atoms with Gasteiger partial charge in [-0.05, 0) is 32.1 Å². The molecule has 0 amide bonds. The number of rotatable bonds is 5. The summed E-state index contributed by atoms with van der Waals surface area (Å²) in [5, 5.41) is 9.49. The van der Waals surface area contributed by atoms with E-state index in [2.05, 4.69) is 9.47 Å². The Morgan fingerprint density at radius 3 is 2.21 bits per heavy atom. The third-order valence-corrected chi connectivity index (χ3v) is 2.96. The molecule has 0 bridgehead atoms. The van der Waals surface area contributed by atoms with Crippen LogP contribution < -0.4 is 5.63 Å². The number of carbonyl (C=O) groups excluding carboxylic acids is 3. The lowest BCUT2D eigenvalue weighted by molar-refractivity contribution is -0.135. The normalized spacial score (nSPS) is 11.8. The molecule has 1 heterocycles. The Balaban J connectivity index is 3.50. The molecule has 0 aliphatic heterocycles. The minimum Gasteiger partial charge on any atom is -0.512 e. The number of Topliss-reactive ketones (excluding diaryl/α,β-unsaturated/α-hetero) is 1. The maximum Gasteiger partial charge on any atom is 0.347 e.